The van der Waals surface area contributed by atoms with Crippen LogP contribution in [0.15, 0.2) is 59.8 Å². The second-order valence-corrected chi connectivity index (χ2v) is 7.48. The highest BCUT2D eigenvalue weighted by Gasteiger charge is 2.21. The molecule has 7 heteroatoms. The second-order valence-electron chi connectivity index (χ2n) is 6.54. The Hall–Kier alpha value is -2.67. The molecule has 0 bridgehead atoms. The number of hydrogen-bond donors (Lipinski definition) is 0. The lowest BCUT2D eigenvalue weighted by Crippen LogP contribution is -2.38. The number of anilines is 1. The van der Waals surface area contributed by atoms with Gasteiger partial charge < -0.3 is 9.47 Å². The largest absolute Gasteiger partial charge is 0.309 e. The summed E-state index contributed by atoms with van der Waals surface area (Å²) in [5.74, 6) is 0.636. The summed E-state index contributed by atoms with van der Waals surface area (Å²) in [5.41, 5.74) is 1.68. The average molecular weight is 399 g/mol. The van der Waals surface area contributed by atoms with Crippen molar-refractivity contribution in [3.05, 3.63) is 60.4 Å². The quantitative estimate of drug-likeness (QED) is 0.544. The van der Waals surface area contributed by atoms with Crippen molar-refractivity contribution in [2.24, 2.45) is 0 Å². The van der Waals surface area contributed by atoms with Gasteiger partial charge in [0.05, 0.1) is 5.75 Å². The van der Waals surface area contributed by atoms with Crippen molar-refractivity contribution < 1.29 is 9.18 Å². The number of aromatic nitrogens is 3. The van der Waals surface area contributed by atoms with Crippen molar-refractivity contribution >= 4 is 23.4 Å². The van der Waals surface area contributed by atoms with Crippen LogP contribution in [0.3, 0.4) is 0 Å². The van der Waals surface area contributed by atoms with Crippen molar-refractivity contribution in [2.45, 2.75) is 38.5 Å². The van der Waals surface area contributed by atoms with Crippen LogP contribution in [0.25, 0.3) is 11.4 Å². The molecule has 0 atom stereocenters. The fraction of sp³-hybridized carbons (Fsp3) is 0.286. The highest BCUT2D eigenvalue weighted by atomic mass is 32.2. The molecule has 1 heterocycles. The summed E-state index contributed by atoms with van der Waals surface area (Å²) in [7, 11) is 0. The van der Waals surface area contributed by atoms with Gasteiger partial charge in [-0.15, -0.1) is 10.2 Å². The number of carbonyl (C=O) groups is 1. The number of carbonyl (C=O) groups excluding carboxylic acids is 1. The van der Waals surface area contributed by atoms with E-state index in [1.54, 1.807) is 17.0 Å². The maximum Gasteiger partial charge on any atom is 0.237 e. The van der Waals surface area contributed by atoms with E-state index in [-0.39, 0.29) is 23.5 Å². The molecule has 1 amide bonds. The fourth-order valence-corrected chi connectivity index (χ4v) is 3.87. The molecule has 3 aromatic rings. The van der Waals surface area contributed by atoms with E-state index in [1.165, 1.54) is 23.9 Å². The summed E-state index contributed by atoms with van der Waals surface area (Å²) in [5, 5.41) is 9.29. The second kappa shape index (κ2) is 9.01. The van der Waals surface area contributed by atoms with Gasteiger partial charge in [0.25, 0.3) is 0 Å². The summed E-state index contributed by atoms with van der Waals surface area (Å²) in [6.45, 7) is 6.61. The maximum absolute atomic E-state index is 13.2. The number of rotatable bonds is 7. The Bertz CT molecular complexity index is 925. The highest BCUT2D eigenvalue weighted by molar-refractivity contribution is 7.99. The van der Waals surface area contributed by atoms with Crippen LogP contribution in [-0.2, 0) is 11.3 Å². The molecule has 0 saturated carbocycles. The third-order valence-electron chi connectivity index (χ3n) is 4.28. The van der Waals surface area contributed by atoms with Gasteiger partial charge in [-0.05, 0) is 45.0 Å². The third kappa shape index (κ3) is 4.42. The van der Waals surface area contributed by atoms with E-state index in [9.17, 15) is 9.18 Å². The predicted octanol–water partition coefficient (Wildman–Crippen LogP) is 4.64. The van der Waals surface area contributed by atoms with Gasteiger partial charge in [0, 0.05) is 23.8 Å². The van der Waals surface area contributed by atoms with E-state index in [2.05, 4.69) is 10.2 Å². The summed E-state index contributed by atoms with van der Waals surface area (Å²) in [4.78, 5) is 14.6. The number of amides is 1. The Balaban J connectivity index is 1.76. The van der Waals surface area contributed by atoms with Gasteiger partial charge in [-0.1, -0.05) is 42.1 Å². The van der Waals surface area contributed by atoms with Crippen molar-refractivity contribution in [2.75, 3.05) is 10.7 Å². The topological polar surface area (TPSA) is 51.0 Å². The first kappa shape index (κ1) is 20.1. The van der Waals surface area contributed by atoms with Gasteiger partial charge in [0.1, 0.15) is 5.82 Å². The normalized spacial score (nSPS) is 11.0. The predicted molar refractivity (Wildman–Crippen MR) is 111 cm³/mol. The van der Waals surface area contributed by atoms with Gasteiger partial charge in [-0.3, -0.25) is 4.79 Å². The summed E-state index contributed by atoms with van der Waals surface area (Å²) >= 11 is 1.36. The van der Waals surface area contributed by atoms with E-state index in [0.29, 0.717) is 17.4 Å². The summed E-state index contributed by atoms with van der Waals surface area (Å²) < 4.78 is 15.2. The van der Waals surface area contributed by atoms with Crippen LogP contribution in [0.1, 0.15) is 20.8 Å². The van der Waals surface area contributed by atoms with Crippen molar-refractivity contribution in [3.8, 4) is 11.4 Å². The monoisotopic (exact) mass is 398 g/mol. The molecular formula is C21H23FN4OS. The molecule has 0 aliphatic heterocycles. The van der Waals surface area contributed by atoms with Gasteiger partial charge in [-0.2, -0.15) is 0 Å². The first-order valence-corrected chi connectivity index (χ1v) is 10.2. The molecule has 2 aromatic carbocycles. The van der Waals surface area contributed by atoms with E-state index >= 15 is 0 Å². The van der Waals surface area contributed by atoms with Crippen molar-refractivity contribution in [3.63, 3.8) is 0 Å². The Morgan fingerprint density at radius 2 is 1.79 bits per heavy atom. The van der Waals surface area contributed by atoms with E-state index in [4.69, 9.17) is 0 Å². The van der Waals surface area contributed by atoms with Crippen molar-refractivity contribution in [1.29, 1.82) is 0 Å². The molecule has 146 valence electrons. The van der Waals surface area contributed by atoms with Crippen LogP contribution < -0.4 is 4.90 Å². The fourth-order valence-electron chi connectivity index (χ4n) is 3.01. The van der Waals surface area contributed by atoms with E-state index in [0.717, 1.165) is 11.4 Å². The molecule has 28 heavy (non-hydrogen) atoms. The number of hydrogen-bond acceptors (Lipinski definition) is 4. The number of benzene rings is 2. The zero-order valence-corrected chi connectivity index (χ0v) is 17.0. The molecule has 1 aromatic heterocycles. The molecule has 0 saturated heterocycles. The average Bonchev–Trinajstić information content (AvgIpc) is 3.11. The Morgan fingerprint density at radius 3 is 2.39 bits per heavy atom. The number of nitrogens with zero attached hydrogens (tertiary/aromatic N) is 4. The minimum Gasteiger partial charge on any atom is -0.309 e. The number of thioether (sulfide) groups is 1. The van der Waals surface area contributed by atoms with Gasteiger partial charge in [0.15, 0.2) is 11.0 Å². The first-order chi connectivity index (χ1) is 13.5. The lowest BCUT2D eigenvalue weighted by Gasteiger charge is -2.26. The van der Waals surface area contributed by atoms with Crippen LogP contribution in [0.4, 0.5) is 10.1 Å². The minimum absolute atomic E-state index is 0.0394. The summed E-state index contributed by atoms with van der Waals surface area (Å²) in [6.07, 6.45) is 0. The Morgan fingerprint density at radius 1 is 1.11 bits per heavy atom. The molecule has 0 fully saturated rings. The van der Waals surface area contributed by atoms with Crippen LogP contribution in [0.5, 0.6) is 0 Å². The molecule has 0 aliphatic carbocycles. The van der Waals surface area contributed by atoms with Crippen LogP contribution >= 0.6 is 11.8 Å². The molecule has 3 rings (SSSR count). The molecular weight excluding hydrogens is 375 g/mol. The molecule has 0 unspecified atom stereocenters. The van der Waals surface area contributed by atoms with Crippen LogP contribution in [0.2, 0.25) is 0 Å². The third-order valence-corrected chi connectivity index (χ3v) is 5.23. The smallest absolute Gasteiger partial charge is 0.237 e. The Kier molecular flexibility index (Phi) is 6.46. The van der Waals surface area contributed by atoms with Crippen LogP contribution in [0, 0.1) is 5.82 Å². The standard InChI is InChI=1S/C21H23FN4OS/c1-4-25-20(16-8-6-5-7-9-16)23-24-21(25)28-14-19(27)26(15(2)3)18-12-10-17(22)11-13-18/h5-13,15H,4,14H2,1-3H3. The van der Waals surface area contributed by atoms with E-state index < -0.39 is 0 Å². The molecule has 0 radical (unpaired) electrons. The van der Waals surface area contributed by atoms with Gasteiger partial charge in [0.2, 0.25) is 5.91 Å². The SMILES string of the molecule is CCn1c(SCC(=O)N(c2ccc(F)cc2)C(C)C)nnc1-c1ccccc1. The minimum atomic E-state index is -0.321. The van der Waals surface area contributed by atoms with Crippen molar-refractivity contribution in [1.82, 2.24) is 14.8 Å². The zero-order chi connectivity index (χ0) is 20.1. The maximum atomic E-state index is 13.2. The molecule has 5 nitrogen and oxygen atoms in total. The molecule has 0 spiro atoms. The summed E-state index contributed by atoms with van der Waals surface area (Å²) in [6, 6.07) is 15.8. The van der Waals surface area contributed by atoms with Crippen LogP contribution in [-0.4, -0.2) is 32.5 Å². The highest BCUT2D eigenvalue weighted by Crippen LogP contribution is 2.25. The lowest BCUT2D eigenvalue weighted by atomic mass is 10.2. The Labute approximate surface area is 168 Å². The molecule has 0 N–H and O–H groups in total. The zero-order valence-electron chi connectivity index (χ0n) is 16.2. The van der Waals surface area contributed by atoms with Gasteiger partial charge >= 0.3 is 0 Å². The molecule has 0 aliphatic rings. The first-order valence-electron chi connectivity index (χ1n) is 9.20. The van der Waals surface area contributed by atoms with E-state index in [1.807, 2.05) is 55.7 Å². The lowest BCUT2D eigenvalue weighted by molar-refractivity contribution is -0.116. The van der Waals surface area contributed by atoms with Gasteiger partial charge in [-0.25, -0.2) is 4.39 Å². The number of halogens is 1.